The van der Waals surface area contributed by atoms with Gasteiger partial charge in [0.25, 0.3) is 5.91 Å². The van der Waals surface area contributed by atoms with E-state index in [1.54, 1.807) is 12.0 Å². The van der Waals surface area contributed by atoms with Crippen molar-refractivity contribution in [3.8, 4) is 11.5 Å². The first-order valence-electron chi connectivity index (χ1n) is 13.1. The Labute approximate surface area is 227 Å². The van der Waals surface area contributed by atoms with E-state index in [-0.39, 0.29) is 36.4 Å². The van der Waals surface area contributed by atoms with Gasteiger partial charge in [-0.3, -0.25) is 9.59 Å². The molecule has 6 nitrogen and oxygen atoms in total. The number of para-hydroxylation sites is 1. The van der Waals surface area contributed by atoms with Gasteiger partial charge in [-0.25, -0.2) is 0 Å². The molecule has 0 aliphatic heterocycles. The third-order valence-electron chi connectivity index (χ3n) is 6.24. The monoisotopic (exact) mass is 516 g/mol. The van der Waals surface area contributed by atoms with Crippen molar-refractivity contribution in [2.24, 2.45) is 0 Å². The molecule has 1 N–H and O–H groups in total. The molecule has 0 aliphatic carbocycles. The first-order valence-corrected chi connectivity index (χ1v) is 13.1. The molecule has 3 aromatic carbocycles. The molecule has 2 amide bonds. The van der Waals surface area contributed by atoms with Crippen LogP contribution < -0.4 is 14.8 Å². The van der Waals surface area contributed by atoms with Crippen LogP contribution in [-0.2, 0) is 28.0 Å². The number of ether oxygens (including phenoxy) is 2. The quantitative estimate of drug-likeness (QED) is 0.364. The fraction of sp³-hybridized carbons (Fsp3) is 0.375. The lowest BCUT2D eigenvalue weighted by Gasteiger charge is -2.32. The molecule has 1 atom stereocenters. The maximum absolute atomic E-state index is 13.8. The van der Waals surface area contributed by atoms with Gasteiger partial charge < -0.3 is 19.7 Å². The predicted octanol–water partition coefficient (Wildman–Crippen LogP) is 5.54. The fourth-order valence-electron chi connectivity index (χ4n) is 4.34. The summed E-state index contributed by atoms with van der Waals surface area (Å²) in [6.45, 7) is 10.2. The van der Waals surface area contributed by atoms with E-state index in [1.807, 2.05) is 92.7 Å². The van der Waals surface area contributed by atoms with Crippen LogP contribution in [0.2, 0.25) is 0 Å². The first-order chi connectivity index (χ1) is 18.1. The summed E-state index contributed by atoms with van der Waals surface area (Å²) in [4.78, 5) is 29.0. The molecular formula is C32H40N2O4. The third kappa shape index (κ3) is 8.10. The Bertz CT molecular complexity index is 1200. The summed E-state index contributed by atoms with van der Waals surface area (Å²) in [5.41, 5.74) is 2.71. The van der Waals surface area contributed by atoms with E-state index >= 15 is 0 Å². The third-order valence-corrected chi connectivity index (χ3v) is 6.24. The Balaban J connectivity index is 1.95. The van der Waals surface area contributed by atoms with Crippen LogP contribution in [0.4, 0.5) is 0 Å². The largest absolute Gasteiger partial charge is 0.497 e. The van der Waals surface area contributed by atoms with Crippen molar-refractivity contribution in [3.63, 3.8) is 0 Å². The van der Waals surface area contributed by atoms with E-state index in [0.717, 1.165) is 16.7 Å². The highest BCUT2D eigenvalue weighted by atomic mass is 16.5. The van der Waals surface area contributed by atoms with Gasteiger partial charge in [0.1, 0.15) is 17.5 Å². The second-order valence-corrected chi connectivity index (χ2v) is 10.8. The summed E-state index contributed by atoms with van der Waals surface area (Å²) in [5, 5.41) is 3.01. The Morgan fingerprint density at radius 2 is 1.55 bits per heavy atom. The Hall–Kier alpha value is -3.80. The van der Waals surface area contributed by atoms with Crippen molar-refractivity contribution in [3.05, 3.63) is 95.6 Å². The van der Waals surface area contributed by atoms with Crippen molar-refractivity contribution in [1.29, 1.82) is 0 Å². The number of benzene rings is 3. The number of hydrogen-bond donors (Lipinski definition) is 1. The number of amides is 2. The van der Waals surface area contributed by atoms with E-state index in [9.17, 15) is 9.59 Å². The van der Waals surface area contributed by atoms with Crippen LogP contribution in [-0.4, -0.2) is 42.5 Å². The summed E-state index contributed by atoms with van der Waals surface area (Å²) in [7, 11) is 1.61. The zero-order valence-corrected chi connectivity index (χ0v) is 23.4. The maximum Gasteiger partial charge on any atom is 0.261 e. The molecule has 6 heteroatoms. The smallest absolute Gasteiger partial charge is 0.261 e. The zero-order chi connectivity index (χ0) is 27.7. The second-order valence-electron chi connectivity index (χ2n) is 10.8. The van der Waals surface area contributed by atoms with Gasteiger partial charge in [-0.1, -0.05) is 81.4 Å². The van der Waals surface area contributed by atoms with E-state index in [2.05, 4.69) is 26.1 Å². The van der Waals surface area contributed by atoms with Crippen molar-refractivity contribution in [2.45, 2.75) is 65.1 Å². The van der Waals surface area contributed by atoms with Gasteiger partial charge in [-0.05, 0) is 54.2 Å². The molecule has 0 aliphatic rings. The Morgan fingerprint density at radius 3 is 2.21 bits per heavy atom. The number of nitrogens with zero attached hydrogens (tertiary/aromatic N) is 1. The van der Waals surface area contributed by atoms with Crippen LogP contribution in [0.1, 0.15) is 51.3 Å². The van der Waals surface area contributed by atoms with Crippen molar-refractivity contribution >= 4 is 11.8 Å². The number of rotatable bonds is 11. The van der Waals surface area contributed by atoms with E-state index < -0.39 is 6.04 Å². The van der Waals surface area contributed by atoms with Gasteiger partial charge in [-0.2, -0.15) is 0 Å². The topological polar surface area (TPSA) is 67.9 Å². The maximum atomic E-state index is 13.8. The van der Waals surface area contributed by atoms with Crippen LogP contribution in [0, 0.1) is 0 Å². The highest BCUT2D eigenvalue weighted by Gasteiger charge is 2.31. The summed E-state index contributed by atoms with van der Waals surface area (Å²) in [6.07, 6.45) is 0.383. The normalized spacial score (nSPS) is 12.1. The lowest BCUT2D eigenvalue weighted by atomic mass is 9.86. The lowest BCUT2D eigenvalue weighted by Crippen LogP contribution is -2.52. The fourth-order valence-corrected chi connectivity index (χ4v) is 4.34. The van der Waals surface area contributed by atoms with Gasteiger partial charge >= 0.3 is 0 Å². The number of hydrogen-bond acceptors (Lipinski definition) is 4. The highest BCUT2D eigenvalue weighted by molar-refractivity contribution is 5.88. The van der Waals surface area contributed by atoms with Gasteiger partial charge in [-0.15, -0.1) is 0 Å². The molecule has 3 aromatic rings. The Kier molecular flexibility index (Phi) is 9.94. The summed E-state index contributed by atoms with van der Waals surface area (Å²) < 4.78 is 11.5. The van der Waals surface area contributed by atoms with Crippen LogP contribution in [0.5, 0.6) is 11.5 Å². The van der Waals surface area contributed by atoms with Crippen molar-refractivity contribution in [1.82, 2.24) is 10.2 Å². The van der Waals surface area contributed by atoms with Gasteiger partial charge in [0.05, 0.1) is 7.11 Å². The molecule has 0 saturated carbocycles. The Morgan fingerprint density at radius 1 is 0.895 bits per heavy atom. The van der Waals surface area contributed by atoms with Crippen LogP contribution >= 0.6 is 0 Å². The van der Waals surface area contributed by atoms with Crippen molar-refractivity contribution < 1.29 is 19.1 Å². The molecule has 0 fully saturated rings. The summed E-state index contributed by atoms with van der Waals surface area (Å²) in [6, 6.07) is 24.3. The molecule has 0 saturated heterocycles. The SMILES string of the molecule is COc1cccc(CN(C(=O)COc2ccccc2C(C)(C)C)[C@H](Cc2ccccc2)C(=O)NC(C)C)c1. The molecule has 0 aromatic heterocycles. The highest BCUT2D eigenvalue weighted by Crippen LogP contribution is 2.31. The van der Waals surface area contributed by atoms with Gasteiger partial charge in [0.2, 0.25) is 5.91 Å². The van der Waals surface area contributed by atoms with E-state index in [4.69, 9.17) is 9.47 Å². The van der Waals surface area contributed by atoms with E-state index in [0.29, 0.717) is 17.9 Å². The lowest BCUT2D eigenvalue weighted by molar-refractivity contribution is -0.143. The molecule has 0 heterocycles. The van der Waals surface area contributed by atoms with Gasteiger partial charge in [0.15, 0.2) is 6.61 Å². The minimum atomic E-state index is -0.722. The van der Waals surface area contributed by atoms with Gasteiger partial charge in [0, 0.05) is 19.0 Å². The minimum absolute atomic E-state index is 0.0653. The summed E-state index contributed by atoms with van der Waals surface area (Å²) >= 11 is 0. The predicted molar refractivity (Wildman–Crippen MR) is 151 cm³/mol. The standard InChI is InChI=1S/C32H40N2O4/c1-23(2)33-31(36)28(20-24-13-8-7-9-14-24)34(21-25-15-12-16-26(19-25)37-6)30(35)22-38-29-18-11-10-17-27(29)32(3,4)5/h7-19,23,28H,20-22H2,1-6H3,(H,33,36)/t28-/m1/s1. The molecule has 202 valence electrons. The molecule has 0 spiro atoms. The minimum Gasteiger partial charge on any atom is -0.497 e. The molecule has 38 heavy (non-hydrogen) atoms. The second kappa shape index (κ2) is 13.1. The number of carbonyl (C=O) groups excluding carboxylic acids is 2. The number of nitrogens with one attached hydrogen (secondary N) is 1. The van der Waals surface area contributed by atoms with Crippen LogP contribution in [0.25, 0.3) is 0 Å². The molecule has 0 radical (unpaired) electrons. The van der Waals surface area contributed by atoms with Crippen molar-refractivity contribution in [2.75, 3.05) is 13.7 Å². The number of methoxy groups -OCH3 is 1. The zero-order valence-electron chi connectivity index (χ0n) is 23.4. The molecule has 0 bridgehead atoms. The number of carbonyl (C=O) groups is 2. The van der Waals surface area contributed by atoms with Crippen LogP contribution in [0.15, 0.2) is 78.9 Å². The molecule has 3 rings (SSSR count). The molecular weight excluding hydrogens is 476 g/mol. The average molecular weight is 517 g/mol. The molecule has 0 unspecified atom stereocenters. The van der Waals surface area contributed by atoms with E-state index in [1.165, 1.54) is 0 Å². The van der Waals surface area contributed by atoms with Crippen LogP contribution in [0.3, 0.4) is 0 Å². The first kappa shape index (κ1) is 28.8. The summed E-state index contributed by atoms with van der Waals surface area (Å²) in [5.74, 6) is 0.893. The average Bonchev–Trinajstić information content (AvgIpc) is 2.89.